The van der Waals surface area contributed by atoms with Crippen LogP contribution in [0.5, 0.6) is 0 Å². The zero-order chi connectivity index (χ0) is 7.56. The summed E-state index contributed by atoms with van der Waals surface area (Å²) in [5, 5.41) is 17.3. The van der Waals surface area contributed by atoms with E-state index in [1.807, 2.05) is 0 Å². The van der Waals surface area contributed by atoms with Crippen molar-refractivity contribution in [1.82, 2.24) is 9.97 Å². The minimum Gasteiger partial charge on any atom is -0.363 e. The van der Waals surface area contributed by atoms with Gasteiger partial charge in [-0.1, -0.05) is 11.6 Å². The molecule has 0 aliphatic rings. The largest absolute Gasteiger partial charge is 0.363 e. The third kappa shape index (κ3) is 1.63. The van der Waals surface area contributed by atoms with Crippen molar-refractivity contribution in [2.75, 3.05) is 0 Å². The Morgan fingerprint density at radius 1 is 1.30 bits per heavy atom. The molecular formula is C5H5ClN2O2. The van der Waals surface area contributed by atoms with Gasteiger partial charge >= 0.3 is 0 Å². The van der Waals surface area contributed by atoms with Gasteiger partial charge in [-0.15, -0.1) is 0 Å². The summed E-state index contributed by atoms with van der Waals surface area (Å²) in [5.74, 6) is 0. The fourth-order valence-electron chi connectivity index (χ4n) is 0.456. The van der Waals surface area contributed by atoms with Crippen molar-refractivity contribution in [3.63, 3.8) is 0 Å². The molecule has 0 unspecified atom stereocenters. The lowest BCUT2D eigenvalue weighted by Gasteiger charge is -1.99. The molecule has 2 N–H and O–H groups in total. The van der Waals surface area contributed by atoms with Gasteiger partial charge in [0.2, 0.25) is 0 Å². The lowest BCUT2D eigenvalue weighted by atomic mass is 10.4. The zero-order valence-electron chi connectivity index (χ0n) is 4.90. The summed E-state index contributed by atoms with van der Waals surface area (Å²) < 4.78 is 0. The molecule has 0 aliphatic heterocycles. The summed E-state index contributed by atoms with van der Waals surface area (Å²) in [5.41, 5.74) is 0.0874. The van der Waals surface area contributed by atoms with Gasteiger partial charge in [-0.25, -0.2) is 4.98 Å². The van der Waals surface area contributed by atoms with E-state index in [4.69, 9.17) is 21.8 Å². The zero-order valence-corrected chi connectivity index (χ0v) is 5.65. The van der Waals surface area contributed by atoms with Crippen LogP contribution in [0.25, 0.3) is 0 Å². The van der Waals surface area contributed by atoms with Gasteiger partial charge in [0, 0.05) is 0 Å². The first-order valence-electron chi connectivity index (χ1n) is 2.54. The van der Waals surface area contributed by atoms with Crippen LogP contribution in [0.15, 0.2) is 12.4 Å². The molecule has 1 rings (SSSR count). The molecule has 0 saturated heterocycles. The number of aliphatic hydroxyl groups is 2. The number of hydrogen-bond acceptors (Lipinski definition) is 4. The molecule has 0 atom stereocenters. The molecule has 0 spiro atoms. The molecule has 0 radical (unpaired) electrons. The van der Waals surface area contributed by atoms with Crippen molar-refractivity contribution in [2.24, 2.45) is 0 Å². The third-order valence-corrected chi connectivity index (χ3v) is 1.10. The first kappa shape index (κ1) is 7.40. The average molecular weight is 161 g/mol. The maximum Gasteiger partial charge on any atom is 0.197 e. The highest BCUT2D eigenvalue weighted by atomic mass is 35.5. The number of nitrogens with zero attached hydrogens (tertiary/aromatic N) is 2. The van der Waals surface area contributed by atoms with Crippen LogP contribution in [0.2, 0.25) is 5.15 Å². The molecule has 0 saturated carbocycles. The smallest absolute Gasteiger partial charge is 0.197 e. The second kappa shape index (κ2) is 2.92. The van der Waals surface area contributed by atoms with Crippen LogP contribution in [-0.4, -0.2) is 20.2 Å². The van der Waals surface area contributed by atoms with E-state index in [1.165, 1.54) is 12.4 Å². The molecule has 10 heavy (non-hydrogen) atoms. The molecule has 0 fully saturated rings. The Kier molecular flexibility index (Phi) is 2.16. The molecule has 0 aromatic carbocycles. The average Bonchev–Trinajstić information content (AvgIpc) is 1.88. The first-order valence-corrected chi connectivity index (χ1v) is 2.91. The van der Waals surface area contributed by atoms with Crippen LogP contribution < -0.4 is 0 Å². The van der Waals surface area contributed by atoms with Crippen LogP contribution in [0.3, 0.4) is 0 Å². The Morgan fingerprint density at radius 3 is 2.40 bits per heavy atom. The van der Waals surface area contributed by atoms with E-state index in [0.29, 0.717) is 0 Å². The first-order chi connectivity index (χ1) is 4.70. The van der Waals surface area contributed by atoms with Crippen LogP contribution in [-0.2, 0) is 0 Å². The van der Waals surface area contributed by atoms with Crippen LogP contribution in [0, 0.1) is 0 Å². The van der Waals surface area contributed by atoms with Gasteiger partial charge in [0.05, 0.1) is 12.4 Å². The van der Waals surface area contributed by atoms with Crippen molar-refractivity contribution < 1.29 is 10.2 Å². The maximum absolute atomic E-state index is 8.52. The molecule has 54 valence electrons. The fraction of sp³-hybridized carbons (Fsp3) is 0.200. The lowest BCUT2D eigenvalue weighted by molar-refractivity contribution is -0.0460. The Labute approximate surface area is 62.1 Å². The van der Waals surface area contributed by atoms with Crippen LogP contribution in [0.1, 0.15) is 12.0 Å². The summed E-state index contributed by atoms with van der Waals surface area (Å²) in [6.07, 6.45) is 0.869. The van der Waals surface area contributed by atoms with E-state index in [1.54, 1.807) is 0 Å². The summed E-state index contributed by atoms with van der Waals surface area (Å²) >= 11 is 5.38. The van der Waals surface area contributed by atoms with E-state index in [9.17, 15) is 0 Å². The fourth-order valence-corrected chi connectivity index (χ4v) is 0.553. The summed E-state index contributed by atoms with van der Waals surface area (Å²) in [6, 6.07) is 0. The Bertz CT molecular complexity index is 211. The minimum atomic E-state index is -1.58. The van der Waals surface area contributed by atoms with Crippen molar-refractivity contribution in [3.8, 4) is 0 Å². The number of aromatic nitrogens is 2. The predicted molar refractivity (Wildman–Crippen MR) is 34.2 cm³/mol. The van der Waals surface area contributed by atoms with Crippen molar-refractivity contribution in [1.29, 1.82) is 0 Å². The number of aliphatic hydroxyl groups excluding tert-OH is 1. The normalized spacial score (nSPS) is 10.4. The molecule has 1 heterocycles. The molecule has 0 bridgehead atoms. The topological polar surface area (TPSA) is 66.2 Å². The second-order valence-electron chi connectivity index (χ2n) is 1.64. The Morgan fingerprint density at radius 2 is 2.00 bits per heavy atom. The van der Waals surface area contributed by atoms with Gasteiger partial charge in [-0.3, -0.25) is 4.98 Å². The Balaban J connectivity index is 2.89. The van der Waals surface area contributed by atoms with E-state index >= 15 is 0 Å². The standard InChI is InChI=1S/C5H5ClN2O2/c6-4-2-7-3(1-8-4)5(9)10/h1-2,5,9-10H. The van der Waals surface area contributed by atoms with E-state index in [2.05, 4.69) is 9.97 Å². The number of rotatable bonds is 1. The summed E-state index contributed by atoms with van der Waals surface area (Å²) in [4.78, 5) is 7.17. The van der Waals surface area contributed by atoms with Gasteiger partial charge < -0.3 is 10.2 Å². The van der Waals surface area contributed by atoms with Gasteiger partial charge in [-0.05, 0) is 0 Å². The highest BCUT2D eigenvalue weighted by Gasteiger charge is 2.02. The van der Waals surface area contributed by atoms with E-state index in [0.717, 1.165) is 0 Å². The molecule has 0 amide bonds. The van der Waals surface area contributed by atoms with Crippen molar-refractivity contribution in [2.45, 2.75) is 6.29 Å². The lowest BCUT2D eigenvalue weighted by Crippen LogP contribution is -1.98. The molecule has 0 aliphatic carbocycles. The van der Waals surface area contributed by atoms with Gasteiger partial charge in [0.15, 0.2) is 6.29 Å². The predicted octanol–water partition coefficient (Wildman–Crippen LogP) is 0.113. The monoisotopic (exact) mass is 160 g/mol. The van der Waals surface area contributed by atoms with E-state index in [-0.39, 0.29) is 10.8 Å². The van der Waals surface area contributed by atoms with Gasteiger partial charge in [0.25, 0.3) is 0 Å². The highest BCUT2D eigenvalue weighted by Crippen LogP contribution is 2.06. The number of halogens is 1. The van der Waals surface area contributed by atoms with Crippen LogP contribution >= 0.6 is 11.6 Å². The van der Waals surface area contributed by atoms with Gasteiger partial charge in [-0.2, -0.15) is 0 Å². The Hall–Kier alpha value is -0.710. The van der Waals surface area contributed by atoms with Crippen LogP contribution in [0.4, 0.5) is 0 Å². The minimum absolute atomic E-state index is 0.0874. The molecule has 4 nitrogen and oxygen atoms in total. The highest BCUT2D eigenvalue weighted by molar-refractivity contribution is 6.29. The van der Waals surface area contributed by atoms with Crippen molar-refractivity contribution >= 4 is 11.6 Å². The molecule has 5 heteroatoms. The summed E-state index contributed by atoms with van der Waals surface area (Å²) in [7, 11) is 0. The SMILES string of the molecule is OC(O)c1cnc(Cl)cn1. The summed E-state index contributed by atoms with van der Waals surface area (Å²) in [6.45, 7) is 0. The van der Waals surface area contributed by atoms with E-state index < -0.39 is 6.29 Å². The molecule has 1 aromatic heterocycles. The maximum atomic E-state index is 8.52. The third-order valence-electron chi connectivity index (χ3n) is 0.905. The van der Waals surface area contributed by atoms with Crippen molar-refractivity contribution in [3.05, 3.63) is 23.2 Å². The second-order valence-corrected chi connectivity index (χ2v) is 2.02. The molecular weight excluding hydrogens is 156 g/mol. The molecule has 1 aromatic rings. The quantitative estimate of drug-likeness (QED) is 0.573. The number of hydrogen-bond donors (Lipinski definition) is 2. The van der Waals surface area contributed by atoms with Gasteiger partial charge in [0.1, 0.15) is 10.8 Å².